The molecular formula is C7H12NO3-. The molecule has 64 valence electrons. The van der Waals surface area contributed by atoms with Crippen LogP contribution < -0.4 is 10.8 Å². The van der Waals surface area contributed by atoms with Gasteiger partial charge in [0.25, 0.3) is 0 Å². The molecule has 0 aromatic carbocycles. The van der Waals surface area contributed by atoms with Crippen LogP contribution in [0, 0.1) is 0 Å². The van der Waals surface area contributed by atoms with Gasteiger partial charge >= 0.3 is 0 Å². The second-order valence-electron chi connectivity index (χ2n) is 1.90. The summed E-state index contributed by atoms with van der Waals surface area (Å²) >= 11 is 0. The van der Waals surface area contributed by atoms with E-state index in [0.29, 0.717) is 0 Å². The Kier molecular flexibility index (Phi) is 5.05. The molecule has 0 heterocycles. The van der Waals surface area contributed by atoms with Crippen LogP contribution in [0.4, 0.5) is 0 Å². The van der Waals surface area contributed by atoms with Crippen LogP contribution in [0.2, 0.25) is 0 Å². The van der Waals surface area contributed by atoms with Gasteiger partial charge in [0.2, 0.25) is 5.91 Å². The molecule has 0 aromatic heterocycles. The van der Waals surface area contributed by atoms with E-state index in [1.165, 1.54) is 13.8 Å². The molecule has 0 rings (SSSR count). The van der Waals surface area contributed by atoms with Crippen LogP contribution in [0.25, 0.3) is 0 Å². The van der Waals surface area contributed by atoms with Gasteiger partial charge in [-0.3, -0.25) is 4.79 Å². The van der Waals surface area contributed by atoms with Gasteiger partial charge in [-0.1, -0.05) is 7.43 Å². The SMILES string of the molecule is C.C/C(C(N)=O)=C(\C)C(=O)[O-]. The molecule has 11 heavy (non-hydrogen) atoms. The number of primary amides is 1. The number of amides is 1. The second-order valence-corrected chi connectivity index (χ2v) is 1.90. The van der Waals surface area contributed by atoms with E-state index in [0.717, 1.165) is 0 Å². The van der Waals surface area contributed by atoms with E-state index < -0.39 is 11.9 Å². The number of rotatable bonds is 2. The summed E-state index contributed by atoms with van der Waals surface area (Å²) < 4.78 is 0. The number of carboxylic acids is 1. The van der Waals surface area contributed by atoms with Gasteiger partial charge in [0.15, 0.2) is 0 Å². The summed E-state index contributed by atoms with van der Waals surface area (Å²) in [4.78, 5) is 20.4. The fourth-order valence-corrected chi connectivity index (χ4v) is 0.338. The molecule has 0 spiro atoms. The lowest BCUT2D eigenvalue weighted by Gasteiger charge is -2.03. The van der Waals surface area contributed by atoms with Crippen molar-refractivity contribution in [3.05, 3.63) is 11.1 Å². The van der Waals surface area contributed by atoms with E-state index in [1.807, 2.05) is 0 Å². The Balaban J connectivity index is 0. The molecule has 0 saturated heterocycles. The van der Waals surface area contributed by atoms with Crippen molar-refractivity contribution >= 4 is 11.9 Å². The minimum Gasteiger partial charge on any atom is -0.545 e. The van der Waals surface area contributed by atoms with Crippen molar-refractivity contribution in [2.45, 2.75) is 21.3 Å². The van der Waals surface area contributed by atoms with Crippen LogP contribution in [-0.4, -0.2) is 11.9 Å². The lowest BCUT2D eigenvalue weighted by molar-refractivity contribution is -0.299. The predicted molar refractivity (Wildman–Crippen MR) is 39.3 cm³/mol. The molecule has 0 unspecified atom stereocenters. The molecule has 0 aliphatic carbocycles. The maximum absolute atomic E-state index is 10.3. The molecule has 4 heteroatoms. The van der Waals surface area contributed by atoms with E-state index in [-0.39, 0.29) is 18.6 Å². The minimum absolute atomic E-state index is 0. The van der Waals surface area contributed by atoms with E-state index >= 15 is 0 Å². The van der Waals surface area contributed by atoms with Crippen LogP contribution >= 0.6 is 0 Å². The minimum atomic E-state index is -1.36. The number of hydrogen-bond acceptors (Lipinski definition) is 3. The summed E-state index contributed by atoms with van der Waals surface area (Å²) in [7, 11) is 0. The Morgan fingerprint density at radius 3 is 1.64 bits per heavy atom. The number of nitrogens with two attached hydrogens (primary N) is 1. The summed E-state index contributed by atoms with van der Waals surface area (Å²) in [6, 6.07) is 0. The summed E-state index contributed by atoms with van der Waals surface area (Å²) in [6.07, 6.45) is 0. The molecule has 0 aliphatic rings. The highest BCUT2D eigenvalue weighted by atomic mass is 16.4. The van der Waals surface area contributed by atoms with Crippen molar-refractivity contribution in [1.29, 1.82) is 0 Å². The quantitative estimate of drug-likeness (QED) is 0.534. The maximum atomic E-state index is 10.3. The Morgan fingerprint density at radius 2 is 1.55 bits per heavy atom. The molecule has 0 saturated carbocycles. The van der Waals surface area contributed by atoms with Crippen LogP contribution in [-0.2, 0) is 9.59 Å². The van der Waals surface area contributed by atoms with Gasteiger partial charge in [0.1, 0.15) is 0 Å². The first-order valence-corrected chi connectivity index (χ1v) is 2.65. The largest absolute Gasteiger partial charge is 0.545 e. The fourth-order valence-electron chi connectivity index (χ4n) is 0.338. The first-order chi connectivity index (χ1) is 4.46. The zero-order chi connectivity index (χ0) is 8.31. The highest BCUT2D eigenvalue weighted by Gasteiger charge is 2.02. The van der Waals surface area contributed by atoms with Gasteiger partial charge in [0.05, 0.1) is 5.97 Å². The third kappa shape index (κ3) is 3.40. The van der Waals surface area contributed by atoms with Gasteiger partial charge in [-0.2, -0.15) is 0 Å². The number of aliphatic carboxylic acids is 1. The molecule has 0 atom stereocenters. The van der Waals surface area contributed by atoms with Crippen molar-refractivity contribution in [3.8, 4) is 0 Å². The maximum Gasteiger partial charge on any atom is 0.244 e. The van der Waals surface area contributed by atoms with Crippen LogP contribution in [0.3, 0.4) is 0 Å². The summed E-state index contributed by atoms with van der Waals surface area (Å²) in [5.74, 6) is -2.10. The van der Waals surface area contributed by atoms with Crippen LogP contribution in [0.1, 0.15) is 21.3 Å². The summed E-state index contributed by atoms with van der Waals surface area (Å²) in [5.41, 5.74) is 4.70. The van der Waals surface area contributed by atoms with Crippen molar-refractivity contribution in [2.75, 3.05) is 0 Å². The average molecular weight is 158 g/mol. The zero-order valence-corrected chi connectivity index (χ0v) is 5.80. The Morgan fingerprint density at radius 1 is 1.18 bits per heavy atom. The highest BCUT2D eigenvalue weighted by Crippen LogP contribution is 1.99. The van der Waals surface area contributed by atoms with Crippen molar-refractivity contribution in [2.24, 2.45) is 5.73 Å². The number of carbonyl (C=O) groups is 2. The fraction of sp³-hybridized carbons (Fsp3) is 0.429. The topological polar surface area (TPSA) is 83.2 Å². The van der Waals surface area contributed by atoms with Gasteiger partial charge in [-0.15, -0.1) is 0 Å². The third-order valence-corrected chi connectivity index (χ3v) is 1.24. The number of carboxylic acid groups (broad SMARTS) is 1. The van der Waals surface area contributed by atoms with Crippen LogP contribution in [0.5, 0.6) is 0 Å². The molecule has 0 aliphatic heterocycles. The van der Waals surface area contributed by atoms with E-state index in [9.17, 15) is 14.7 Å². The van der Waals surface area contributed by atoms with Gasteiger partial charge < -0.3 is 15.6 Å². The first-order valence-electron chi connectivity index (χ1n) is 2.65. The molecule has 0 radical (unpaired) electrons. The zero-order valence-electron chi connectivity index (χ0n) is 5.80. The predicted octanol–water partition coefficient (Wildman–Crippen LogP) is -0.806. The monoisotopic (exact) mass is 158 g/mol. The van der Waals surface area contributed by atoms with Gasteiger partial charge in [-0.25, -0.2) is 0 Å². The smallest absolute Gasteiger partial charge is 0.244 e. The third-order valence-electron chi connectivity index (χ3n) is 1.24. The van der Waals surface area contributed by atoms with Crippen molar-refractivity contribution < 1.29 is 14.7 Å². The Hall–Kier alpha value is -1.32. The van der Waals surface area contributed by atoms with Gasteiger partial charge in [-0.05, 0) is 19.4 Å². The molecular weight excluding hydrogens is 146 g/mol. The Labute approximate surface area is 65.7 Å². The lowest BCUT2D eigenvalue weighted by Crippen LogP contribution is -2.26. The average Bonchev–Trinajstić information content (AvgIpc) is 1.84. The van der Waals surface area contributed by atoms with Crippen molar-refractivity contribution in [3.63, 3.8) is 0 Å². The molecule has 0 bridgehead atoms. The lowest BCUT2D eigenvalue weighted by atomic mass is 10.1. The molecule has 1 amide bonds. The first kappa shape index (κ1) is 12.4. The molecule has 2 N–H and O–H groups in total. The molecule has 4 nitrogen and oxygen atoms in total. The second kappa shape index (κ2) is 4.49. The van der Waals surface area contributed by atoms with Crippen LogP contribution in [0.15, 0.2) is 11.1 Å². The standard InChI is InChI=1S/C6H9NO3.CH4/c1-3(5(7)8)4(2)6(9)10;/h1-2H3,(H2,7,8)(H,9,10);1H4/p-1/b4-3-;. The summed E-state index contributed by atoms with van der Waals surface area (Å²) in [6.45, 7) is 2.61. The number of carbonyl (C=O) groups excluding carboxylic acids is 2. The summed E-state index contributed by atoms with van der Waals surface area (Å²) in [5, 5.41) is 10.1. The normalized spacial score (nSPS) is 11.1. The van der Waals surface area contributed by atoms with E-state index in [4.69, 9.17) is 5.73 Å². The molecule has 0 aromatic rings. The Bertz CT molecular complexity index is 184. The number of hydrogen-bond donors (Lipinski definition) is 1. The van der Waals surface area contributed by atoms with Crippen molar-refractivity contribution in [1.82, 2.24) is 0 Å². The van der Waals surface area contributed by atoms with E-state index in [1.54, 1.807) is 0 Å². The van der Waals surface area contributed by atoms with E-state index in [2.05, 4.69) is 0 Å². The van der Waals surface area contributed by atoms with Gasteiger partial charge in [0, 0.05) is 5.57 Å². The molecule has 0 fully saturated rings. The highest BCUT2D eigenvalue weighted by molar-refractivity contribution is 5.99.